The van der Waals surface area contributed by atoms with E-state index in [0.717, 1.165) is 6.54 Å². The molecule has 1 aromatic rings. The quantitative estimate of drug-likeness (QED) is 0.793. The molecule has 0 bridgehead atoms. The third-order valence-corrected chi connectivity index (χ3v) is 2.89. The molecule has 1 nitrogen and oxygen atoms in total. The largest absolute Gasteiger partial charge is 0.384 e. The van der Waals surface area contributed by atoms with E-state index in [9.17, 15) is 0 Å². The van der Waals surface area contributed by atoms with Crippen molar-refractivity contribution in [3.05, 3.63) is 27.7 Å². The lowest BCUT2D eigenvalue weighted by atomic mass is 10.1. The van der Waals surface area contributed by atoms with E-state index in [1.54, 1.807) is 0 Å². The van der Waals surface area contributed by atoms with Crippen molar-refractivity contribution in [2.75, 3.05) is 11.9 Å². The van der Waals surface area contributed by atoms with Crippen LogP contribution in [0.15, 0.2) is 16.6 Å². The molecular weight excluding hydrogens is 238 g/mol. The van der Waals surface area contributed by atoms with Gasteiger partial charge in [-0.15, -0.1) is 0 Å². The van der Waals surface area contributed by atoms with Crippen molar-refractivity contribution >= 4 is 21.6 Å². The number of halogens is 1. The van der Waals surface area contributed by atoms with Gasteiger partial charge in [-0.3, -0.25) is 0 Å². The SMILES string of the molecule is CCCCNc1c(C)cc(C)cc1Br. The Kier molecular flexibility index (Phi) is 4.46. The minimum absolute atomic E-state index is 1.05. The van der Waals surface area contributed by atoms with Crippen LogP contribution in [0, 0.1) is 13.8 Å². The van der Waals surface area contributed by atoms with Gasteiger partial charge in [0.15, 0.2) is 0 Å². The topological polar surface area (TPSA) is 12.0 Å². The molecule has 0 spiro atoms. The number of unbranched alkanes of at least 4 members (excludes halogenated alkanes) is 1. The molecule has 0 fully saturated rings. The third-order valence-electron chi connectivity index (χ3n) is 2.26. The number of hydrogen-bond donors (Lipinski definition) is 1. The predicted molar refractivity (Wildman–Crippen MR) is 67.0 cm³/mol. The average Bonchev–Trinajstić information content (AvgIpc) is 2.09. The van der Waals surface area contributed by atoms with E-state index in [0.29, 0.717) is 0 Å². The zero-order chi connectivity index (χ0) is 10.6. The van der Waals surface area contributed by atoms with Crippen LogP contribution in [0.2, 0.25) is 0 Å². The fourth-order valence-electron chi connectivity index (χ4n) is 1.53. The monoisotopic (exact) mass is 255 g/mol. The van der Waals surface area contributed by atoms with Gasteiger partial charge in [-0.2, -0.15) is 0 Å². The molecule has 2 heteroatoms. The van der Waals surface area contributed by atoms with Crippen LogP contribution in [0.1, 0.15) is 30.9 Å². The Balaban J connectivity index is 2.75. The zero-order valence-corrected chi connectivity index (χ0v) is 10.7. The molecule has 0 aliphatic rings. The highest BCUT2D eigenvalue weighted by molar-refractivity contribution is 9.10. The van der Waals surface area contributed by atoms with Crippen LogP contribution >= 0.6 is 15.9 Å². The Morgan fingerprint density at radius 3 is 2.57 bits per heavy atom. The van der Waals surface area contributed by atoms with Gasteiger partial charge >= 0.3 is 0 Å². The smallest absolute Gasteiger partial charge is 0.0514 e. The Morgan fingerprint density at radius 2 is 2.00 bits per heavy atom. The van der Waals surface area contributed by atoms with E-state index >= 15 is 0 Å². The number of rotatable bonds is 4. The first kappa shape index (κ1) is 11.6. The van der Waals surface area contributed by atoms with Gasteiger partial charge in [-0.25, -0.2) is 0 Å². The predicted octanol–water partition coefficient (Wildman–Crippen LogP) is 4.28. The van der Waals surface area contributed by atoms with Crippen LogP contribution < -0.4 is 5.32 Å². The summed E-state index contributed by atoms with van der Waals surface area (Å²) in [5.74, 6) is 0. The second-order valence-corrected chi connectivity index (χ2v) is 4.57. The van der Waals surface area contributed by atoms with Crippen LogP contribution in [0.3, 0.4) is 0 Å². The van der Waals surface area contributed by atoms with Gasteiger partial charge in [0.1, 0.15) is 0 Å². The summed E-state index contributed by atoms with van der Waals surface area (Å²) < 4.78 is 1.17. The fraction of sp³-hybridized carbons (Fsp3) is 0.500. The molecule has 14 heavy (non-hydrogen) atoms. The van der Waals surface area contributed by atoms with E-state index < -0.39 is 0 Å². The molecule has 0 radical (unpaired) electrons. The van der Waals surface area contributed by atoms with Gasteiger partial charge in [0, 0.05) is 11.0 Å². The Bertz CT molecular complexity index is 284. The summed E-state index contributed by atoms with van der Waals surface area (Å²) in [6.45, 7) is 7.53. The van der Waals surface area contributed by atoms with Crippen LogP contribution in [0.25, 0.3) is 0 Å². The summed E-state index contributed by atoms with van der Waals surface area (Å²) in [5, 5.41) is 3.46. The van der Waals surface area contributed by atoms with Gasteiger partial charge in [0.2, 0.25) is 0 Å². The normalized spacial score (nSPS) is 10.3. The molecule has 0 saturated carbocycles. The minimum atomic E-state index is 1.05. The van der Waals surface area contributed by atoms with Crippen molar-refractivity contribution in [3.63, 3.8) is 0 Å². The fourth-order valence-corrected chi connectivity index (χ4v) is 2.34. The lowest BCUT2D eigenvalue weighted by Gasteiger charge is -2.12. The molecule has 0 atom stereocenters. The molecule has 1 rings (SSSR count). The zero-order valence-electron chi connectivity index (χ0n) is 9.15. The van der Waals surface area contributed by atoms with E-state index in [1.807, 2.05) is 0 Å². The lowest BCUT2D eigenvalue weighted by Crippen LogP contribution is -2.03. The second-order valence-electron chi connectivity index (χ2n) is 3.72. The van der Waals surface area contributed by atoms with Crippen LogP contribution in [0.5, 0.6) is 0 Å². The molecule has 0 heterocycles. The highest BCUT2D eigenvalue weighted by atomic mass is 79.9. The van der Waals surface area contributed by atoms with Gasteiger partial charge in [-0.05, 0) is 53.4 Å². The molecule has 1 aromatic carbocycles. The first-order valence-electron chi connectivity index (χ1n) is 5.15. The highest BCUT2D eigenvalue weighted by Gasteiger charge is 2.03. The van der Waals surface area contributed by atoms with Crippen LogP contribution in [-0.2, 0) is 0 Å². The maximum Gasteiger partial charge on any atom is 0.0514 e. The summed E-state index contributed by atoms with van der Waals surface area (Å²) in [7, 11) is 0. The first-order valence-corrected chi connectivity index (χ1v) is 5.95. The highest BCUT2D eigenvalue weighted by Crippen LogP contribution is 2.27. The molecule has 0 aliphatic heterocycles. The first-order chi connectivity index (χ1) is 6.65. The van der Waals surface area contributed by atoms with Crippen molar-refractivity contribution in [2.45, 2.75) is 33.6 Å². The average molecular weight is 256 g/mol. The Morgan fingerprint density at radius 1 is 1.29 bits per heavy atom. The van der Waals surface area contributed by atoms with Crippen molar-refractivity contribution in [1.29, 1.82) is 0 Å². The van der Waals surface area contributed by atoms with E-state index in [4.69, 9.17) is 0 Å². The minimum Gasteiger partial charge on any atom is -0.384 e. The second kappa shape index (κ2) is 5.40. The van der Waals surface area contributed by atoms with Crippen LogP contribution in [-0.4, -0.2) is 6.54 Å². The maximum absolute atomic E-state index is 3.59. The summed E-state index contributed by atoms with van der Waals surface area (Å²) in [4.78, 5) is 0. The maximum atomic E-state index is 3.59. The molecule has 0 saturated heterocycles. The number of aryl methyl sites for hydroxylation is 2. The van der Waals surface area contributed by atoms with Crippen molar-refractivity contribution < 1.29 is 0 Å². The van der Waals surface area contributed by atoms with Crippen molar-refractivity contribution in [2.24, 2.45) is 0 Å². The molecular formula is C12H18BrN. The number of benzene rings is 1. The standard InChI is InChI=1S/C12H18BrN/c1-4-5-6-14-12-10(3)7-9(2)8-11(12)13/h7-8,14H,4-6H2,1-3H3. The number of anilines is 1. The van der Waals surface area contributed by atoms with Gasteiger partial charge in [0.05, 0.1) is 5.69 Å². The molecule has 0 aromatic heterocycles. The van der Waals surface area contributed by atoms with Gasteiger partial charge in [-0.1, -0.05) is 19.4 Å². The summed E-state index contributed by atoms with van der Waals surface area (Å²) in [6.07, 6.45) is 2.45. The lowest BCUT2D eigenvalue weighted by molar-refractivity contribution is 0.833. The Hall–Kier alpha value is -0.500. The molecule has 0 amide bonds. The summed E-state index contributed by atoms with van der Waals surface area (Å²) >= 11 is 3.59. The van der Waals surface area contributed by atoms with E-state index in [2.05, 4.69) is 54.2 Å². The molecule has 0 aliphatic carbocycles. The molecule has 1 N–H and O–H groups in total. The summed E-state index contributed by atoms with van der Waals surface area (Å²) in [6, 6.07) is 4.36. The van der Waals surface area contributed by atoms with Gasteiger partial charge in [0.25, 0.3) is 0 Å². The van der Waals surface area contributed by atoms with Crippen molar-refractivity contribution in [1.82, 2.24) is 0 Å². The molecule has 78 valence electrons. The number of nitrogens with one attached hydrogen (secondary N) is 1. The van der Waals surface area contributed by atoms with E-state index in [-0.39, 0.29) is 0 Å². The van der Waals surface area contributed by atoms with Crippen molar-refractivity contribution in [3.8, 4) is 0 Å². The molecule has 0 unspecified atom stereocenters. The summed E-state index contributed by atoms with van der Waals surface area (Å²) in [5.41, 5.74) is 3.85. The van der Waals surface area contributed by atoms with Gasteiger partial charge < -0.3 is 5.32 Å². The number of hydrogen-bond acceptors (Lipinski definition) is 1. The van der Waals surface area contributed by atoms with Crippen LogP contribution in [0.4, 0.5) is 5.69 Å². The Labute approximate surface area is 95.0 Å². The third kappa shape index (κ3) is 3.02. The van der Waals surface area contributed by atoms with E-state index in [1.165, 1.54) is 34.1 Å².